The molecule has 0 aliphatic heterocycles. The third kappa shape index (κ3) is 81.6. The molecule has 0 aromatic heterocycles. The summed E-state index contributed by atoms with van der Waals surface area (Å²) in [6, 6.07) is 0. The molecule has 0 saturated heterocycles. The largest absolute Gasteiger partial charge is 0.340 e. The molecule has 1 unspecified atom stereocenters. The summed E-state index contributed by atoms with van der Waals surface area (Å²) in [7, 11) is 0. The van der Waals surface area contributed by atoms with Crippen molar-refractivity contribution in [1.29, 1.82) is 0 Å². The van der Waals surface area contributed by atoms with Gasteiger partial charge < -0.3 is 36.3 Å². The van der Waals surface area contributed by atoms with E-state index < -0.39 is 13.4 Å². The van der Waals surface area contributed by atoms with E-state index in [0.29, 0.717) is 0 Å². The summed E-state index contributed by atoms with van der Waals surface area (Å²) in [6.45, 7) is 1.08. The molecule has 1 atom stereocenters. The van der Waals surface area contributed by atoms with Gasteiger partial charge in [-0.1, -0.05) is 65.2 Å². The second-order valence-electron chi connectivity index (χ2n) is 4.88. The molecule has 11 heteroatoms. The molecule has 0 spiro atoms. The van der Waals surface area contributed by atoms with Crippen molar-refractivity contribution in [3.8, 4) is 0 Å². The maximum absolute atomic E-state index is 7.56. The number of hydrogen-bond donors (Lipinski definition) is 6. The van der Waals surface area contributed by atoms with Crippen LogP contribution in [0.15, 0.2) is 0 Å². The van der Waals surface area contributed by atoms with Gasteiger partial charge in [0.15, 0.2) is 0 Å². The van der Waals surface area contributed by atoms with Crippen LogP contribution < -0.4 is 0 Å². The van der Waals surface area contributed by atoms with E-state index in [4.69, 9.17) is 29.4 Å². The minimum atomic E-state index is -3.81. The summed E-state index contributed by atoms with van der Waals surface area (Å²) in [6.07, 6.45) is 10.9. The summed E-state index contributed by atoms with van der Waals surface area (Å²) >= 11 is 7.21. The third-order valence-electron chi connectivity index (χ3n) is 2.43. The zero-order chi connectivity index (χ0) is 18.2. The Hall–Kier alpha value is 1.68. The Bertz CT molecular complexity index is 288. The Labute approximate surface area is 163 Å². The summed E-state index contributed by atoms with van der Waals surface area (Å²) in [5, 5.41) is 0. The van der Waals surface area contributed by atoms with Crippen LogP contribution in [-0.2, 0) is 43.1 Å². The van der Waals surface area contributed by atoms with Gasteiger partial charge in [-0.15, -0.1) is 0 Å². The van der Waals surface area contributed by atoms with Gasteiger partial charge in [-0.25, -0.2) is 0 Å². The second-order valence-corrected chi connectivity index (χ2v) is 9.88. The molecular formula is C12H31O6P2S2Zn-. The molecule has 0 aromatic carbocycles. The molecule has 0 amide bonds. The van der Waals surface area contributed by atoms with Gasteiger partial charge in [0.25, 0.3) is 0 Å². The summed E-state index contributed by atoms with van der Waals surface area (Å²) in [5.41, 5.74) is 0. The van der Waals surface area contributed by atoms with E-state index in [2.05, 4.69) is 44.4 Å². The van der Waals surface area contributed by atoms with Gasteiger partial charge in [0, 0.05) is 19.5 Å². The van der Waals surface area contributed by atoms with Crippen molar-refractivity contribution >= 4 is 37.1 Å². The molecule has 0 heterocycles. The molecule has 23 heavy (non-hydrogen) atoms. The van der Waals surface area contributed by atoms with Gasteiger partial charge in [0.1, 0.15) is 0 Å². The van der Waals surface area contributed by atoms with Crippen LogP contribution in [0.25, 0.3) is 0 Å². The van der Waals surface area contributed by atoms with Gasteiger partial charge in [0.05, 0.1) is 0 Å². The van der Waals surface area contributed by atoms with Gasteiger partial charge in [0.2, 0.25) is 0 Å². The van der Waals surface area contributed by atoms with Crippen molar-refractivity contribution in [3.63, 3.8) is 0 Å². The van der Waals surface area contributed by atoms with Gasteiger partial charge >= 0.3 is 13.4 Å². The molecule has 6 nitrogen and oxygen atoms in total. The van der Waals surface area contributed by atoms with Crippen LogP contribution in [0.2, 0.25) is 0 Å². The SMILES string of the molecule is OP(O)(O)=S.OP(O)(O)=S.[CH2-]C(CCCC)CCCCCC.[Zn]. The fraction of sp³-hybridized carbons (Fsp3) is 0.917. The molecule has 0 aromatic rings. The van der Waals surface area contributed by atoms with Crippen molar-refractivity contribution in [1.82, 2.24) is 0 Å². The van der Waals surface area contributed by atoms with Crippen LogP contribution in [0.4, 0.5) is 0 Å². The first kappa shape index (κ1) is 32.4. The first-order valence-electron chi connectivity index (χ1n) is 7.20. The zero-order valence-corrected chi connectivity index (χ0v) is 20.4. The van der Waals surface area contributed by atoms with Crippen molar-refractivity contribution in [2.24, 2.45) is 5.92 Å². The van der Waals surface area contributed by atoms with E-state index in [9.17, 15) is 0 Å². The number of hydrogen-bond acceptors (Lipinski definition) is 2. The Morgan fingerprint density at radius 2 is 1.04 bits per heavy atom. The van der Waals surface area contributed by atoms with E-state index in [1.165, 1.54) is 51.4 Å². The molecule has 140 valence electrons. The fourth-order valence-corrected chi connectivity index (χ4v) is 1.50. The Balaban J connectivity index is -0.000000137. The minimum absolute atomic E-state index is 0. The average Bonchev–Trinajstić information content (AvgIpc) is 2.28. The summed E-state index contributed by atoms with van der Waals surface area (Å²) < 4.78 is 0. The summed E-state index contributed by atoms with van der Waals surface area (Å²) in [5.74, 6) is 0.724. The van der Waals surface area contributed by atoms with E-state index in [-0.39, 0.29) is 19.5 Å². The van der Waals surface area contributed by atoms with Crippen molar-refractivity contribution < 1.29 is 48.8 Å². The standard InChI is InChI=1S/C12H25.2H3O3PS.Zn/c1-4-6-8-9-11-12(3)10-7-5-2;2*1-4(2,3)5;/h12H,3-11H2,1-2H3;2*(H3,1,2,3,5);/q-1;;;. The van der Waals surface area contributed by atoms with Crippen LogP contribution in [0.3, 0.4) is 0 Å². The van der Waals surface area contributed by atoms with Gasteiger partial charge in [-0.3, -0.25) is 0 Å². The van der Waals surface area contributed by atoms with Crippen LogP contribution in [0.1, 0.15) is 65.2 Å². The predicted octanol–water partition coefficient (Wildman–Crippen LogP) is 2.97. The Morgan fingerprint density at radius 3 is 1.35 bits per heavy atom. The molecule has 0 fully saturated rings. The molecular weight excluding hydrogens is 432 g/mol. The Morgan fingerprint density at radius 1 is 0.739 bits per heavy atom. The van der Waals surface area contributed by atoms with E-state index in [0.717, 1.165) is 5.92 Å². The molecule has 0 aliphatic carbocycles. The topological polar surface area (TPSA) is 121 Å². The van der Waals surface area contributed by atoms with Crippen molar-refractivity contribution in [2.45, 2.75) is 65.2 Å². The Kier molecular flexibility index (Phi) is 28.1. The van der Waals surface area contributed by atoms with Crippen molar-refractivity contribution in [3.05, 3.63) is 6.92 Å². The van der Waals surface area contributed by atoms with Crippen molar-refractivity contribution in [2.75, 3.05) is 0 Å². The molecule has 6 N–H and O–H groups in total. The minimum Gasteiger partial charge on any atom is -0.340 e. The first-order chi connectivity index (χ1) is 9.81. The van der Waals surface area contributed by atoms with Gasteiger partial charge in [-0.2, -0.15) is 5.92 Å². The second kappa shape index (κ2) is 20.0. The molecule has 0 aliphatic rings. The number of unbranched alkanes of at least 4 members (excludes halogenated alkanes) is 4. The smallest absolute Gasteiger partial charge is 0.319 e. The maximum atomic E-state index is 7.56. The van der Waals surface area contributed by atoms with Crippen LogP contribution in [0.5, 0.6) is 0 Å². The average molecular weight is 463 g/mol. The predicted molar refractivity (Wildman–Crippen MR) is 99.0 cm³/mol. The zero-order valence-electron chi connectivity index (χ0n) is 14.0. The fourth-order valence-electron chi connectivity index (χ4n) is 1.50. The first-order valence-corrected chi connectivity index (χ1v) is 12.5. The van der Waals surface area contributed by atoms with Crippen LogP contribution in [-0.4, -0.2) is 29.4 Å². The molecule has 0 saturated carbocycles. The third-order valence-corrected chi connectivity index (χ3v) is 2.43. The maximum Gasteiger partial charge on any atom is 0.319 e. The van der Waals surface area contributed by atoms with Gasteiger partial charge in [-0.05, 0) is 23.6 Å². The van der Waals surface area contributed by atoms with E-state index >= 15 is 0 Å². The molecule has 0 radical (unpaired) electrons. The molecule has 0 bridgehead atoms. The number of rotatable bonds is 8. The summed E-state index contributed by atoms with van der Waals surface area (Å²) in [4.78, 5) is 45.3. The molecule has 0 rings (SSSR count). The van der Waals surface area contributed by atoms with Crippen LogP contribution >= 0.6 is 13.4 Å². The quantitative estimate of drug-likeness (QED) is 0.141. The van der Waals surface area contributed by atoms with E-state index in [1.807, 2.05) is 0 Å². The van der Waals surface area contributed by atoms with Crippen LogP contribution in [0, 0.1) is 12.8 Å². The monoisotopic (exact) mass is 461 g/mol. The normalized spacial score (nSPS) is 12.0. The van der Waals surface area contributed by atoms with E-state index in [1.54, 1.807) is 0 Å².